The molecular formula is C18H20N2O5S. The normalized spacial score (nSPS) is 16.3. The second kappa shape index (κ2) is 7.43. The summed E-state index contributed by atoms with van der Waals surface area (Å²) in [5.74, 6) is 0.0479. The quantitative estimate of drug-likeness (QED) is 0.568. The van der Waals surface area contributed by atoms with Crippen molar-refractivity contribution < 1.29 is 18.1 Å². The Morgan fingerprint density at radius 2 is 1.77 bits per heavy atom. The number of hydrogen-bond acceptors (Lipinski definition) is 5. The lowest BCUT2D eigenvalue weighted by Crippen LogP contribution is -2.27. The molecule has 0 bridgehead atoms. The van der Waals surface area contributed by atoms with Crippen LogP contribution in [0, 0.1) is 10.1 Å². The molecule has 1 aliphatic heterocycles. The smallest absolute Gasteiger partial charge is 0.312 e. The third kappa shape index (κ3) is 3.71. The average Bonchev–Trinajstić information content (AvgIpc) is 3.18. The van der Waals surface area contributed by atoms with Crippen LogP contribution in [0.5, 0.6) is 5.75 Å². The van der Waals surface area contributed by atoms with E-state index >= 15 is 0 Å². The number of nitro groups is 1. The van der Waals surface area contributed by atoms with Crippen LogP contribution < -0.4 is 4.74 Å². The van der Waals surface area contributed by atoms with Crippen LogP contribution in [0.2, 0.25) is 0 Å². The van der Waals surface area contributed by atoms with Gasteiger partial charge in [0.05, 0.1) is 9.82 Å². The summed E-state index contributed by atoms with van der Waals surface area (Å²) in [5, 5.41) is 11.5. The van der Waals surface area contributed by atoms with Gasteiger partial charge >= 0.3 is 5.69 Å². The van der Waals surface area contributed by atoms with Gasteiger partial charge in [0.1, 0.15) is 6.10 Å². The summed E-state index contributed by atoms with van der Waals surface area (Å²) in [6.45, 7) is 2.67. The SMILES string of the molecule is C[C@@H](Oc1ccc(S(=O)(=O)N2CCCC2)cc1[N+](=O)[O-])c1ccccc1. The van der Waals surface area contributed by atoms with Gasteiger partial charge in [-0.3, -0.25) is 10.1 Å². The number of rotatable bonds is 6. The molecule has 0 saturated carbocycles. The second-order valence-corrected chi connectivity index (χ2v) is 8.11. The number of hydrogen-bond donors (Lipinski definition) is 0. The summed E-state index contributed by atoms with van der Waals surface area (Å²) in [4.78, 5) is 10.8. The Labute approximate surface area is 152 Å². The van der Waals surface area contributed by atoms with Gasteiger partial charge < -0.3 is 4.74 Å². The molecule has 0 aromatic heterocycles. The van der Waals surface area contributed by atoms with E-state index in [1.807, 2.05) is 30.3 Å². The predicted octanol–water partition coefficient (Wildman–Crippen LogP) is 3.52. The summed E-state index contributed by atoms with van der Waals surface area (Å²) in [5.41, 5.74) is 0.517. The van der Waals surface area contributed by atoms with E-state index in [1.165, 1.54) is 16.4 Å². The summed E-state index contributed by atoms with van der Waals surface area (Å²) in [6.07, 6.45) is 1.20. The number of ether oxygens (including phenoxy) is 1. The molecule has 1 heterocycles. The van der Waals surface area contributed by atoms with Gasteiger partial charge in [-0.05, 0) is 37.5 Å². The molecule has 1 saturated heterocycles. The maximum atomic E-state index is 12.6. The standard InChI is InChI=1S/C18H20N2O5S/c1-14(15-7-3-2-4-8-15)25-18-10-9-16(13-17(18)20(21)22)26(23,24)19-11-5-6-12-19/h2-4,7-10,13-14H,5-6,11-12H2,1H3/t14-/m1/s1. The van der Waals surface area contributed by atoms with E-state index in [0.29, 0.717) is 13.1 Å². The minimum absolute atomic E-state index is 0.0479. The zero-order chi connectivity index (χ0) is 18.7. The highest BCUT2D eigenvalue weighted by Crippen LogP contribution is 2.34. The highest BCUT2D eigenvalue weighted by molar-refractivity contribution is 7.89. The van der Waals surface area contributed by atoms with Crippen molar-refractivity contribution in [2.24, 2.45) is 0 Å². The molecule has 0 radical (unpaired) electrons. The predicted molar refractivity (Wildman–Crippen MR) is 96.6 cm³/mol. The first-order valence-corrected chi connectivity index (χ1v) is 9.84. The van der Waals surface area contributed by atoms with Gasteiger partial charge in [0.25, 0.3) is 0 Å². The molecule has 3 rings (SSSR count). The number of benzene rings is 2. The van der Waals surface area contributed by atoms with Crippen molar-refractivity contribution in [3.63, 3.8) is 0 Å². The fourth-order valence-corrected chi connectivity index (χ4v) is 4.50. The van der Waals surface area contributed by atoms with Crippen molar-refractivity contribution in [3.8, 4) is 5.75 Å². The topological polar surface area (TPSA) is 89.8 Å². The van der Waals surface area contributed by atoms with E-state index in [0.717, 1.165) is 24.5 Å². The zero-order valence-corrected chi connectivity index (χ0v) is 15.2. The Morgan fingerprint density at radius 1 is 1.12 bits per heavy atom. The highest BCUT2D eigenvalue weighted by Gasteiger charge is 2.30. The third-order valence-corrected chi connectivity index (χ3v) is 6.30. The fraction of sp³-hybridized carbons (Fsp3) is 0.333. The van der Waals surface area contributed by atoms with Crippen molar-refractivity contribution in [3.05, 3.63) is 64.2 Å². The van der Waals surface area contributed by atoms with E-state index in [4.69, 9.17) is 4.74 Å². The molecule has 26 heavy (non-hydrogen) atoms. The van der Waals surface area contributed by atoms with Crippen LogP contribution in [-0.2, 0) is 10.0 Å². The van der Waals surface area contributed by atoms with E-state index in [1.54, 1.807) is 6.92 Å². The van der Waals surface area contributed by atoms with Gasteiger partial charge in [0.15, 0.2) is 5.75 Å². The molecule has 8 heteroatoms. The Balaban J connectivity index is 1.91. The van der Waals surface area contributed by atoms with Gasteiger partial charge in [-0.15, -0.1) is 0 Å². The first kappa shape index (κ1) is 18.3. The minimum atomic E-state index is -3.72. The lowest BCUT2D eigenvalue weighted by atomic mass is 10.1. The van der Waals surface area contributed by atoms with Crippen LogP contribution in [-0.4, -0.2) is 30.7 Å². The Hall–Kier alpha value is -2.45. The van der Waals surface area contributed by atoms with Crippen LogP contribution in [0.3, 0.4) is 0 Å². The first-order chi connectivity index (χ1) is 12.4. The molecule has 138 valence electrons. The molecule has 0 aliphatic carbocycles. The Morgan fingerprint density at radius 3 is 2.38 bits per heavy atom. The van der Waals surface area contributed by atoms with Crippen molar-refractivity contribution in [2.75, 3.05) is 13.1 Å². The van der Waals surface area contributed by atoms with Gasteiger partial charge in [-0.25, -0.2) is 8.42 Å². The Kier molecular flexibility index (Phi) is 5.24. The average molecular weight is 376 g/mol. The van der Waals surface area contributed by atoms with E-state index < -0.39 is 21.1 Å². The number of sulfonamides is 1. The Bertz CT molecular complexity index is 893. The maximum Gasteiger partial charge on any atom is 0.312 e. The van der Waals surface area contributed by atoms with Crippen LogP contribution in [0.4, 0.5) is 5.69 Å². The molecule has 1 fully saturated rings. The monoisotopic (exact) mass is 376 g/mol. The minimum Gasteiger partial charge on any atom is -0.479 e. The van der Waals surface area contributed by atoms with Gasteiger partial charge in [-0.2, -0.15) is 4.31 Å². The molecule has 0 spiro atoms. The summed E-state index contributed by atoms with van der Waals surface area (Å²) in [6, 6.07) is 13.1. The molecule has 1 aliphatic rings. The summed E-state index contributed by atoms with van der Waals surface area (Å²) < 4.78 is 32.3. The molecule has 2 aromatic rings. The van der Waals surface area contributed by atoms with Gasteiger partial charge in [-0.1, -0.05) is 30.3 Å². The van der Waals surface area contributed by atoms with E-state index in [-0.39, 0.29) is 16.3 Å². The van der Waals surface area contributed by atoms with Crippen molar-refractivity contribution in [1.29, 1.82) is 0 Å². The summed E-state index contributed by atoms with van der Waals surface area (Å²) in [7, 11) is -3.72. The van der Waals surface area contributed by atoms with Gasteiger partial charge in [0.2, 0.25) is 10.0 Å². The highest BCUT2D eigenvalue weighted by atomic mass is 32.2. The molecule has 0 amide bonds. The number of nitrogens with zero attached hydrogens (tertiary/aromatic N) is 2. The van der Waals surface area contributed by atoms with Crippen LogP contribution >= 0.6 is 0 Å². The zero-order valence-electron chi connectivity index (χ0n) is 14.4. The van der Waals surface area contributed by atoms with Crippen molar-refractivity contribution >= 4 is 15.7 Å². The molecule has 0 unspecified atom stereocenters. The summed E-state index contributed by atoms with van der Waals surface area (Å²) >= 11 is 0. The fourth-order valence-electron chi connectivity index (χ4n) is 2.96. The molecular weight excluding hydrogens is 356 g/mol. The van der Waals surface area contributed by atoms with E-state index in [9.17, 15) is 18.5 Å². The number of nitro benzene ring substituents is 1. The first-order valence-electron chi connectivity index (χ1n) is 8.40. The molecule has 7 nitrogen and oxygen atoms in total. The third-order valence-electron chi connectivity index (χ3n) is 4.40. The largest absolute Gasteiger partial charge is 0.479 e. The van der Waals surface area contributed by atoms with Gasteiger partial charge in [0, 0.05) is 19.2 Å². The van der Waals surface area contributed by atoms with Crippen LogP contribution in [0.15, 0.2) is 53.4 Å². The molecule has 1 atom stereocenters. The maximum absolute atomic E-state index is 12.6. The lowest BCUT2D eigenvalue weighted by molar-refractivity contribution is -0.386. The lowest BCUT2D eigenvalue weighted by Gasteiger charge is -2.17. The molecule has 2 aromatic carbocycles. The van der Waals surface area contributed by atoms with Crippen LogP contribution in [0.1, 0.15) is 31.4 Å². The van der Waals surface area contributed by atoms with Crippen LogP contribution in [0.25, 0.3) is 0 Å². The van der Waals surface area contributed by atoms with Crippen molar-refractivity contribution in [1.82, 2.24) is 4.31 Å². The van der Waals surface area contributed by atoms with Crippen molar-refractivity contribution in [2.45, 2.75) is 30.8 Å². The second-order valence-electron chi connectivity index (χ2n) is 6.17. The van der Waals surface area contributed by atoms with E-state index in [2.05, 4.69) is 0 Å². The molecule has 0 N–H and O–H groups in total.